The second-order valence-corrected chi connectivity index (χ2v) is 6.08. The Hall–Kier alpha value is -3.43. The van der Waals surface area contributed by atoms with Gasteiger partial charge in [-0.2, -0.15) is 0 Å². The van der Waals surface area contributed by atoms with Crippen LogP contribution in [0.4, 0.5) is 17.3 Å². The van der Waals surface area contributed by atoms with Crippen LogP contribution in [-0.2, 0) is 0 Å². The minimum atomic E-state index is -0.575. The zero-order valence-electron chi connectivity index (χ0n) is 14.8. The molecule has 27 heavy (non-hydrogen) atoms. The molecule has 1 aliphatic carbocycles. The van der Waals surface area contributed by atoms with E-state index >= 15 is 0 Å². The monoisotopic (exact) mass is 372 g/mol. The van der Waals surface area contributed by atoms with Crippen LogP contribution in [0.25, 0.3) is 0 Å². The second kappa shape index (κ2) is 8.30. The molecule has 1 amide bonds. The fourth-order valence-electron chi connectivity index (χ4n) is 3.03. The molecule has 0 bridgehead atoms. The number of carbonyl (C=O) groups is 1. The van der Waals surface area contributed by atoms with Crippen LogP contribution in [0.1, 0.15) is 36.0 Å². The predicted octanol–water partition coefficient (Wildman–Crippen LogP) is 2.50. The quantitative estimate of drug-likeness (QED) is 0.499. The minimum absolute atomic E-state index is 0.0984. The highest BCUT2D eigenvalue weighted by Crippen LogP contribution is 2.31. The van der Waals surface area contributed by atoms with Gasteiger partial charge in [0.15, 0.2) is 0 Å². The largest absolute Gasteiger partial charge is 0.496 e. The Labute approximate surface area is 155 Å². The first-order valence-electron chi connectivity index (χ1n) is 8.55. The molecule has 0 atom stereocenters. The number of ether oxygens (including phenoxy) is 1. The highest BCUT2D eigenvalue weighted by Gasteiger charge is 2.26. The third kappa shape index (κ3) is 4.22. The molecule has 142 valence electrons. The van der Waals surface area contributed by atoms with E-state index < -0.39 is 10.8 Å². The molecule has 10 heteroatoms. The molecule has 1 heterocycles. The van der Waals surface area contributed by atoms with Gasteiger partial charge < -0.3 is 10.1 Å². The van der Waals surface area contributed by atoms with Crippen LogP contribution in [0.5, 0.6) is 5.75 Å². The van der Waals surface area contributed by atoms with Crippen molar-refractivity contribution in [3.63, 3.8) is 0 Å². The molecular formula is C17H20N6O4. The molecule has 2 aromatic rings. The Kier molecular flexibility index (Phi) is 5.64. The second-order valence-electron chi connectivity index (χ2n) is 6.08. The zero-order chi connectivity index (χ0) is 19.2. The minimum Gasteiger partial charge on any atom is -0.496 e. The third-order valence-electron chi connectivity index (χ3n) is 4.35. The van der Waals surface area contributed by atoms with Crippen molar-refractivity contribution >= 4 is 23.2 Å². The average molecular weight is 372 g/mol. The van der Waals surface area contributed by atoms with Gasteiger partial charge in [0.25, 0.3) is 5.91 Å². The van der Waals surface area contributed by atoms with Crippen molar-refractivity contribution in [1.82, 2.24) is 15.4 Å². The van der Waals surface area contributed by atoms with E-state index in [4.69, 9.17) is 4.74 Å². The molecule has 1 aromatic heterocycles. The third-order valence-corrected chi connectivity index (χ3v) is 4.35. The Morgan fingerprint density at radius 2 is 1.93 bits per heavy atom. The highest BCUT2D eigenvalue weighted by atomic mass is 16.6. The van der Waals surface area contributed by atoms with Crippen LogP contribution < -0.4 is 20.9 Å². The van der Waals surface area contributed by atoms with E-state index in [1.54, 1.807) is 24.3 Å². The molecule has 0 saturated heterocycles. The van der Waals surface area contributed by atoms with Crippen molar-refractivity contribution in [2.24, 2.45) is 0 Å². The summed E-state index contributed by atoms with van der Waals surface area (Å²) in [5.74, 6) is -0.0853. The molecule has 1 saturated carbocycles. The fraction of sp³-hybridized carbons (Fsp3) is 0.353. The smallest absolute Gasteiger partial charge is 0.354 e. The number of hydrogen-bond acceptors (Lipinski definition) is 8. The summed E-state index contributed by atoms with van der Waals surface area (Å²) in [6, 6.07) is 6.80. The van der Waals surface area contributed by atoms with Crippen molar-refractivity contribution in [3.05, 3.63) is 46.3 Å². The van der Waals surface area contributed by atoms with Crippen LogP contribution >= 0.6 is 0 Å². The molecule has 0 aliphatic heterocycles. The topological polar surface area (TPSA) is 131 Å². The number of nitrogens with zero attached hydrogens (tertiary/aromatic N) is 3. The lowest BCUT2D eigenvalue weighted by Gasteiger charge is -2.14. The number of carbonyl (C=O) groups excluding carboxylic acids is 1. The lowest BCUT2D eigenvalue weighted by molar-refractivity contribution is -0.383. The lowest BCUT2D eigenvalue weighted by atomic mass is 10.2. The number of hydrogen-bond donors (Lipinski definition) is 3. The molecule has 0 spiro atoms. The summed E-state index contributed by atoms with van der Waals surface area (Å²) >= 11 is 0. The average Bonchev–Trinajstić information content (AvgIpc) is 3.19. The maximum Gasteiger partial charge on any atom is 0.354 e. The molecule has 1 aliphatic rings. The van der Waals surface area contributed by atoms with Crippen molar-refractivity contribution in [2.75, 3.05) is 17.9 Å². The van der Waals surface area contributed by atoms with E-state index in [-0.39, 0.29) is 28.9 Å². The van der Waals surface area contributed by atoms with Gasteiger partial charge in [0, 0.05) is 6.04 Å². The highest BCUT2D eigenvalue weighted by molar-refractivity contribution is 5.97. The molecular weight excluding hydrogens is 352 g/mol. The Balaban J connectivity index is 1.77. The molecule has 1 aromatic carbocycles. The van der Waals surface area contributed by atoms with E-state index in [9.17, 15) is 14.9 Å². The first-order chi connectivity index (χ1) is 13.1. The van der Waals surface area contributed by atoms with E-state index in [1.807, 2.05) is 0 Å². The summed E-state index contributed by atoms with van der Waals surface area (Å²) in [7, 11) is 1.45. The number of hydrazine groups is 1. The van der Waals surface area contributed by atoms with E-state index in [1.165, 1.54) is 13.4 Å². The lowest BCUT2D eigenvalue weighted by Crippen LogP contribution is -2.30. The molecule has 0 unspecified atom stereocenters. The summed E-state index contributed by atoms with van der Waals surface area (Å²) in [5, 5.41) is 14.6. The van der Waals surface area contributed by atoms with Gasteiger partial charge in [0.2, 0.25) is 11.6 Å². The van der Waals surface area contributed by atoms with Gasteiger partial charge in [-0.05, 0) is 25.0 Å². The van der Waals surface area contributed by atoms with E-state index in [0.717, 1.165) is 25.7 Å². The van der Waals surface area contributed by atoms with Crippen LogP contribution in [0.2, 0.25) is 0 Å². The van der Waals surface area contributed by atoms with Crippen molar-refractivity contribution < 1.29 is 14.5 Å². The maximum absolute atomic E-state index is 12.4. The number of nitrogens with one attached hydrogen (secondary N) is 3. The van der Waals surface area contributed by atoms with Gasteiger partial charge in [0.05, 0.1) is 17.6 Å². The standard InChI is InChI=1S/C17H20N6O4/c1-27-13-9-5-4-8-12(13)17(24)22-21-16-14(23(25)26)15(18-10-19-16)20-11-6-2-3-7-11/h4-5,8-11H,2-3,6-7H2,1H3,(H,22,24)(H2,18,19,20,21). The first-order valence-corrected chi connectivity index (χ1v) is 8.55. The zero-order valence-corrected chi connectivity index (χ0v) is 14.8. The summed E-state index contributed by atoms with van der Waals surface area (Å²) in [6.45, 7) is 0. The first kappa shape index (κ1) is 18.4. The number of methoxy groups -OCH3 is 1. The molecule has 10 nitrogen and oxygen atoms in total. The SMILES string of the molecule is COc1ccccc1C(=O)NNc1ncnc(NC2CCCC2)c1[N+](=O)[O-]. The summed E-state index contributed by atoms with van der Waals surface area (Å²) in [5.41, 5.74) is 4.91. The van der Waals surface area contributed by atoms with Gasteiger partial charge in [-0.3, -0.25) is 25.8 Å². The Bertz CT molecular complexity index is 838. The van der Waals surface area contributed by atoms with Crippen LogP contribution in [0, 0.1) is 10.1 Å². The van der Waals surface area contributed by atoms with Gasteiger partial charge in [-0.25, -0.2) is 9.97 Å². The van der Waals surface area contributed by atoms with Crippen molar-refractivity contribution in [1.29, 1.82) is 0 Å². The predicted molar refractivity (Wildman–Crippen MR) is 98.6 cm³/mol. The van der Waals surface area contributed by atoms with Crippen LogP contribution in [-0.4, -0.2) is 34.0 Å². The van der Waals surface area contributed by atoms with Crippen molar-refractivity contribution in [2.45, 2.75) is 31.7 Å². The summed E-state index contributed by atoms with van der Waals surface area (Å²) < 4.78 is 5.14. The summed E-state index contributed by atoms with van der Waals surface area (Å²) in [6.07, 6.45) is 5.25. The maximum atomic E-state index is 12.4. The molecule has 3 rings (SSSR count). The number of anilines is 2. The Morgan fingerprint density at radius 3 is 2.63 bits per heavy atom. The number of benzene rings is 1. The number of rotatable bonds is 7. The number of aromatic nitrogens is 2. The van der Waals surface area contributed by atoms with Crippen molar-refractivity contribution in [3.8, 4) is 5.75 Å². The van der Waals surface area contributed by atoms with Gasteiger partial charge in [-0.15, -0.1) is 0 Å². The number of para-hydroxylation sites is 1. The molecule has 1 fully saturated rings. The van der Waals surface area contributed by atoms with Crippen LogP contribution in [0.15, 0.2) is 30.6 Å². The number of amides is 1. The van der Waals surface area contributed by atoms with Gasteiger partial charge in [-0.1, -0.05) is 25.0 Å². The van der Waals surface area contributed by atoms with Gasteiger partial charge in [0.1, 0.15) is 12.1 Å². The number of nitro groups is 1. The van der Waals surface area contributed by atoms with E-state index in [2.05, 4.69) is 26.1 Å². The Morgan fingerprint density at radius 1 is 1.22 bits per heavy atom. The van der Waals surface area contributed by atoms with Crippen LogP contribution in [0.3, 0.4) is 0 Å². The molecule has 3 N–H and O–H groups in total. The summed E-state index contributed by atoms with van der Waals surface area (Å²) in [4.78, 5) is 31.2. The van der Waals surface area contributed by atoms with Gasteiger partial charge >= 0.3 is 5.69 Å². The molecule has 0 radical (unpaired) electrons. The normalized spacial score (nSPS) is 13.8. The fourth-order valence-corrected chi connectivity index (χ4v) is 3.03. The van der Waals surface area contributed by atoms with E-state index in [0.29, 0.717) is 5.75 Å².